The molecule has 2 N–H and O–H groups in total. The lowest BCUT2D eigenvalue weighted by atomic mass is 10.1. The van der Waals surface area contributed by atoms with Crippen molar-refractivity contribution in [2.24, 2.45) is 0 Å². The van der Waals surface area contributed by atoms with Crippen molar-refractivity contribution in [3.8, 4) is 11.3 Å². The fourth-order valence-corrected chi connectivity index (χ4v) is 2.44. The first kappa shape index (κ1) is 11.6. The molecule has 1 aromatic carbocycles. The molecule has 0 saturated heterocycles. The van der Waals surface area contributed by atoms with Crippen LogP contribution < -0.4 is 5.32 Å². The van der Waals surface area contributed by atoms with E-state index in [2.05, 4.69) is 15.3 Å². The number of fused-ring (bicyclic) bond motifs is 1. The maximum Gasteiger partial charge on any atom is 0.409 e. The summed E-state index contributed by atoms with van der Waals surface area (Å²) in [5.41, 5.74) is 4.94. The Morgan fingerprint density at radius 2 is 2.11 bits per heavy atom. The van der Waals surface area contributed by atoms with Crippen molar-refractivity contribution >= 4 is 33.3 Å². The summed E-state index contributed by atoms with van der Waals surface area (Å²) in [6.07, 6.45) is 0.396. The summed E-state index contributed by atoms with van der Waals surface area (Å²) < 4.78 is 1.13. The zero-order chi connectivity index (χ0) is 13.2. The van der Waals surface area contributed by atoms with E-state index in [0.29, 0.717) is 5.69 Å². The minimum atomic E-state index is -1.10. The molecule has 0 spiro atoms. The normalized spacial score (nSPS) is 10.5. The van der Waals surface area contributed by atoms with E-state index in [0.717, 1.165) is 21.5 Å². The molecule has 0 radical (unpaired) electrons. The molecule has 0 unspecified atom stereocenters. The molecule has 6 heteroatoms. The number of pyridine rings is 1. The predicted octanol–water partition coefficient (Wildman–Crippen LogP) is 3.45. The van der Waals surface area contributed by atoms with Gasteiger partial charge in [0.2, 0.25) is 0 Å². The van der Waals surface area contributed by atoms with Crippen molar-refractivity contribution in [3.05, 3.63) is 42.0 Å². The van der Waals surface area contributed by atoms with Crippen LogP contribution in [-0.4, -0.2) is 21.2 Å². The number of hydrogen-bond acceptors (Lipinski definition) is 4. The number of amides is 1. The molecule has 0 saturated carbocycles. The highest BCUT2D eigenvalue weighted by molar-refractivity contribution is 7.16. The maximum absolute atomic E-state index is 10.5. The van der Waals surface area contributed by atoms with Gasteiger partial charge in [0.05, 0.1) is 33.3 Å². The SMILES string of the molecule is O=C(O)Nc1ccc(-c2ccc3scnc3c2)nc1. The van der Waals surface area contributed by atoms with Gasteiger partial charge in [-0.15, -0.1) is 11.3 Å². The van der Waals surface area contributed by atoms with E-state index in [1.54, 1.807) is 23.5 Å². The average Bonchev–Trinajstić information content (AvgIpc) is 2.86. The van der Waals surface area contributed by atoms with Crippen LogP contribution in [0.2, 0.25) is 0 Å². The van der Waals surface area contributed by atoms with Gasteiger partial charge in [0.15, 0.2) is 0 Å². The van der Waals surface area contributed by atoms with Crippen LogP contribution >= 0.6 is 11.3 Å². The topological polar surface area (TPSA) is 75.1 Å². The van der Waals surface area contributed by atoms with E-state index in [1.165, 1.54) is 6.20 Å². The van der Waals surface area contributed by atoms with Gasteiger partial charge in [-0.25, -0.2) is 9.78 Å². The van der Waals surface area contributed by atoms with Gasteiger partial charge in [-0.2, -0.15) is 0 Å². The zero-order valence-electron chi connectivity index (χ0n) is 9.70. The number of thiazole rings is 1. The molecular formula is C13H9N3O2S. The molecule has 5 nitrogen and oxygen atoms in total. The Morgan fingerprint density at radius 1 is 1.21 bits per heavy atom. The fourth-order valence-electron chi connectivity index (χ4n) is 1.78. The Labute approximate surface area is 112 Å². The number of anilines is 1. The molecular weight excluding hydrogens is 262 g/mol. The first-order valence-electron chi connectivity index (χ1n) is 5.52. The van der Waals surface area contributed by atoms with Gasteiger partial charge in [-0.05, 0) is 24.3 Å². The molecule has 0 aliphatic heterocycles. The van der Waals surface area contributed by atoms with E-state index in [9.17, 15) is 4.79 Å². The largest absolute Gasteiger partial charge is 0.465 e. The van der Waals surface area contributed by atoms with Crippen molar-refractivity contribution in [1.82, 2.24) is 9.97 Å². The van der Waals surface area contributed by atoms with Gasteiger partial charge in [0.1, 0.15) is 0 Å². The molecule has 0 fully saturated rings. The monoisotopic (exact) mass is 271 g/mol. The second-order valence-electron chi connectivity index (χ2n) is 3.90. The highest BCUT2D eigenvalue weighted by Crippen LogP contribution is 2.25. The molecule has 0 atom stereocenters. The van der Waals surface area contributed by atoms with Gasteiger partial charge < -0.3 is 5.11 Å². The van der Waals surface area contributed by atoms with Crippen molar-refractivity contribution < 1.29 is 9.90 Å². The van der Waals surface area contributed by atoms with Gasteiger partial charge >= 0.3 is 6.09 Å². The number of carboxylic acid groups (broad SMARTS) is 1. The highest BCUT2D eigenvalue weighted by Gasteiger charge is 2.04. The third kappa shape index (κ3) is 2.38. The first-order valence-corrected chi connectivity index (χ1v) is 6.40. The predicted molar refractivity (Wildman–Crippen MR) is 74.5 cm³/mol. The van der Waals surface area contributed by atoms with Crippen LogP contribution in [0.15, 0.2) is 42.0 Å². The smallest absolute Gasteiger partial charge is 0.409 e. The van der Waals surface area contributed by atoms with Crippen LogP contribution in [0.25, 0.3) is 21.5 Å². The Hall–Kier alpha value is -2.47. The standard InChI is InChI=1S/C13H9N3O2S/c17-13(18)16-9-2-3-10(14-6-9)8-1-4-12-11(5-8)15-7-19-12/h1-7,16H,(H,17,18). The highest BCUT2D eigenvalue weighted by atomic mass is 32.1. The average molecular weight is 271 g/mol. The van der Waals surface area contributed by atoms with Crippen LogP contribution in [0.5, 0.6) is 0 Å². The van der Waals surface area contributed by atoms with E-state index < -0.39 is 6.09 Å². The van der Waals surface area contributed by atoms with Crippen LogP contribution in [0, 0.1) is 0 Å². The molecule has 94 valence electrons. The number of benzene rings is 1. The van der Waals surface area contributed by atoms with Crippen LogP contribution in [0.4, 0.5) is 10.5 Å². The minimum Gasteiger partial charge on any atom is -0.465 e. The Balaban J connectivity index is 1.94. The number of rotatable bonds is 2. The first-order chi connectivity index (χ1) is 9.22. The van der Waals surface area contributed by atoms with Crippen molar-refractivity contribution in [2.75, 3.05) is 5.32 Å². The van der Waals surface area contributed by atoms with Gasteiger partial charge in [-0.1, -0.05) is 6.07 Å². The van der Waals surface area contributed by atoms with Crippen LogP contribution in [0.3, 0.4) is 0 Å². The Bertz CT molecular complexity index is 737. The molecule has 3 rings (SSSR count). The van der Waals surface area contributed by atoms with E-state index in [-0.39, 0.29) is 0 Å². The Morgan fingerprint density at radius 3 is 2.84 bits per heavy atom. The minimum absolute atomic E-state index is 0.450. The summed E-state index contributed by atoms with van der Waals surface area (Å²) in [5.74, 6) is 0. The summed E-state index contributed by atoms with van der Waals surface area (Å²) in [6, 6.07) is 9.42. The van der Waals surface area contributed by atoms with Gasteiger partial charge in [-0.3, -0.25) is 10.3 Å². The lowest BCUT2D eigenvalue weighted by Gasteiger charge is -2.03. The number of nitrogens with one attached hydrogen (secondary N) is 1. The third-order valence-electron chi connectivity index (χ3n) is 2.64. The molecule has 0 bridgehead atoms. The summed E-state index contributed by atoms with van der Waals surface area (Å²) in [7, 11) is 0. The summed E-state index contributed by atoms with van der Waals surface area (Å²) >= 11 is 1.59. The maximum atomic E-state index is 10.5. The summed E-state index contributed by atoms with van der Waals surface area (Å²) in [6.45, 7) is 0. The number of hydrogen-bond donors (Lipinski definition) is 2. The lowest BCUT2D eigenvalue weighted by Crippen LogP contribution is -2.07. The zero-order valence-corrected chi connectivity index (χ0v) is 10.5. The molecule has 3 aromatic rings. The summed E-state index contributed by atoms with van der Waals surface area (Å²) in [5, 5.41) is 10.9. The quantitative estimate of drug-likeness (QED) is 0.748. The molecule has 2 heterocycles. The van der Waals surface area contributed by atoms with Gasteiger partial charge in [0.25, 0.3) is 0 Å². The molecule has 0 aliphatic carbocycles. The second kappa shape index (κ2) is 4.66. The van der Waals surface area contributed by atoms with E-state index in [4.69, 9.17) is 5.11 Å². The fraction of sp³-hybridized carbons (Fsp3) is 0. The Kier molecular flexibility index (Phi) is 2.85. The molecule has 0 aliphatic rings. The second-order valence-corrected chi connectivity index (χ2v) is 4.78. The molecule has 1 amide bonds. The third-order valence-corrected chi connectivity index (χ3v) is 3.45. The number of aromatic nitrogens is 2. The van der Waals surface area contributed by atoms with Crippen molar-refractivity contribution in [1.29, 1.82) is 0 Å². The van der Waals surface area contributed by atoms with Crippen molar-refractivity contribution in [2.45, 2.75) is 0 Å². The van der Waals surface area contributed by atoms with E-state index in [1.807, 2.05) is 23.7 Å². The molecule has 19 heavy (non-hydrogen) atoms. The van der Waals surface area contributed by atoms with E-state index >= 15 is 0 Å². The lowest BCUT2D eigenvalue weighted by molar-refractivity contribution is 0.209. The number of nitrogens with zero attached hydrogens (tertiary/aromatic N) is 2. The van der Waals surface area contributed by atoms with Crippen LogP contribution in [-0.2, 0) is 0 Å². The summed E-state index contributed by atoms with van der Waals surface area (Å²) in [4.78, 5) is 19.0. The van der Waals surface area contributed by atoms with Gasteiger partial charge in [0, 0.05) is 5.56 Å². The molecule has 2 aromatic heterocycles. The van der Waals surface area contributed by atoms with Crippen LogP contribution in [0.1, 0.15) is 0 Å². The number of carbonyl (C=O) groups is 1. The van der Waals surface area contributed by atoms with Crippen molar-refractivity contribution in [3.63, 3.8) is 0 Å².